The normalized spacial score (nSPS) is 10.2. The minimum atomic E-state index is 0.0499. The van der Waals surface area contributed by atoms with E-state index in [1.165, 1.54) is 0 Å². The van der Waals surface area contributed by atoms with E-state index in [0.29, 0.717) is 12.2 Å². The Bertz CT molecular complexity index is 547. The van der Waals surface area contributed by atoms with E-state index in [-0.39, 0.29) is 12.4 Å². The molecular weight excluding hydrogens is 372 g/mol. The Morgan fingerprint density at radius 1 is 0.947 bits per heavy atom. The fraction of sp³-hybridized carbons (Fsp3) is 0.133. The van der Waals surface area contributed by atoms with Crippen LogP contribution in [0.1, 0.15) is 5.56 Å². The first-order valence-electron chi connectivity index (χ1n) is 5.79. The van der Waals surface area contributed by atoms with Crippen molar-refractivity contribution in [3.63, 3.8) is 0 Å². The molecule has 0 saturated heterocycles. The molecule has 0 fully saturated rings. The highest BCUT2D eigenvalue weighted by molar-refractivity contribution is 9.11. The molecule has 2 rings (SSSR count). The minimum absolute atomic E-state index is 0.0499. The number of hydrogen-bond donors (Lipinski definition) is 0. The number of benzene rings is 2. The lowest BCUT2D eigenvalue weighted by atomic mass is 10.1. The van der Waals surface area contributed by atoms with E-state index in [4.69, 9.17) is 4.74 Å². The summed E-state index contributed by atoms with van der Waals surface area (Å²) in [6.07, 6.45) is 0.392. The number of ether oxygens (including phenoxy) is 1. The molecule has 0 aliphatic heterocycles. The number of hydrogen-bond acceptors (Lipinski definition) is 2. The van der Waals surface area contributed by atoms with Gasteiger partial charge in [-0.2, -0.15) is 0 Å². The minimum Gasteiger partial charge on any atom is -0.483 e. The van der Waals surface area contributed by atoms with E-state index in [1.807, 2.05) is 48.5 Å². The summed E-state index contributed by atoms with van der Waals surface area (Å²) in [7, 11) is 0. The Labute approximate surface area is 129 Å². The number of carbonyl (C=O) groups is 1. The van der Waals surface area contributed by atoms with Gasteiger partial charge in [0.2, 0.25) is 0 Å². The van der Waals surface area contributed by atoms with Gasteiger partial charge in [0.1, 0.15) is 12.4 Å². The smallest absolute Gasteiger partial charge is 0.174 e. The number of halogens is 2. The third kappa shape index (κ3) is 4.18. The van der Waals surface area contributed by atoms with Crippen LogP contribution in [-0.4, -0.2) is 12.4 Å². The highest BCUT2D eigenvalue weighted by Gasteiger charge is 2.09. The van der Waals surface area contributed by atoms with Gasteiger partial charge in [-0.05, 0) is 49.6 Å². The lowest BCUT2D eigenvalue weighted by molar-refractivity contribution is -0.120. The van der Waals surface area contributed by atoms with Crippen LogP contribution in [0.25, 0.3) is 0 Å². The molecule has 0 N–H and O–H groups in total. The average molecular weight is 384 g/mol. The highest BCUT2D eigenvalue weighted by atomic mass is 79.9. The Hall–Kier alpha value is -1.13. The van der Waals surface area contributed by atoms with Crippen LogP contribution >= 0.6 is 31.9 Å². The van der Waals surface area contributed by atoms with Crippen molar-refractivity contribution >= 4 is 37.6 Å². The van der Waals surface area contributed by atoms with Crippen LogP contribution < -0.4 is 4.74 Å². The Morgan fingerprint density at radius 2 is 1.58 bits per heavy atom. The monoisotopic (exact) mass is 382 g/mol. The zero-order valence-electron chi connectivity index (χ0n) is 10.1. The molecule has 4 heteroatoms. The largest absolute Gasteiger partial charge is 0.483 e. The summed E-state index contributed by atoms with van der Waals surface area (Å²) in [6, 6.07) is 15.3. The van der Waals surface area contributed by atoms with Crippen molar-refractivity contribution < 1.29 is 9.53 Å². The van der Waals surface area contributed by atoms with E-state index in [2.05, 4.69) is 31.9 Å². The van der Waals surface area contributed by atoms with Crippen molar-refractivity contribution in [2.75, 3.05) is 6.61 Å². The van der Waals surface area contributed by atoms with E-state index in [0.717, 1.165) is 14.5 Å². The van der Waals surface area contributed by atoms with Gasteiger partial charge >= 0.3 is 0 Å². The second-order valence-corrected chi connectivity index (χ2v) is 5.75. The average Bonchev–Trinajstić information content (AvgIpc) is 2.39. The van der Waals surface area contributed by atoms with Crippen LogP contribution in [0.5, 0.6) is 5.75 Å². The van der Waals surface area contributed by atoms with Crippen LogP contribution in [0.4, 0.5) is 0 Å². The molecule has 0 radical (unpaired) electrons. The third-order valence-electron chi connectivity index (χ3n) is 2.54. The predicted octanol–water partition coefficient (Wildman–Crippen LogP) is 4.40. The van der Waals surface area contributed by atoms with Crippen LogP contribution in [0.2, 0.25) is 0 Å². The highest BCUT2D eigenvalue weighted by Crippen LogP contribution is 2.32. The molecule has 2 aromatic carbocycles. The molecule has 0 spiro atoms. The molecule has 0 saturated carbocycles. The van der Waals surface area contributed by atoms with Gasteiger partial charge in [-0.1, -0.05) is 36.4 Å². The van der Waals surface area contributed by atoms with Gasteiger partial charge in [-0.25, -0.2) is 0 Å². The molecule has 0 atom stereocenters. The number of Topliss-reactive ketones (excluding diaryl/α,β-unsaturated/α-hetero) is 1. The van der Waals surface area contributed by atoms with Crippen LogP contribution in [-0.2, 0) is 11.2 Å². The van der Waals surface area contributed by atoms with Crippen LogP contribution in [0, 0.1) is 0 Å². The molecule has 0 bridgehead atoms. The zero-order chi connectivity index (χ0) is 13.7. The zero-order valence-corrected chi connectivity index (χ0v) is 13.3. The summed E-state index contributed by atoms with van der Waals surface area (Å²) in [4.78, 5) is 11.9. The van der Waals surface area contributed by atoms with Crippen molar-refractivity contribution in [1.29, 1.82) is 0 Å². The van der Waals surface area contributed by atoms with Crippen LogP contribution in [0.15, 0.2) is 57.5 Å². The van der Waals surface area contributed by atoms with Gasteiger partial charge in [0.05, 0.1) is 8.95 Å². The molecule has 2 aromatic rings. The Morgan fingerprint density at radius 3 is 2.21 bits per heavy atom. The maximum Gasteiger partial charge on any atom is 0.174 e. The maximum absolute atomic E-state index is 11.9. The Kier molecular flexibility index (Phi) is 5.16. The van der Waals surface area contributed by atoms with E-state index < -0.39 is 0 Å². The first-order valence-corrected chi connectivity index (χ1v) is 7.38. The topological polar surface area (TPSA) is 26.3 Å². The molecule has 0 aliphatic carbocycles. The Balaban J connectivity index is 1.94. The van der Waals surface area contributed by atoms with Gasteiger partial charge in [-0.15, -0.1) is 0 Å². The van der Waals surface area contributed by atoms with Gasteiger partial charge in [0.25, 0.3) is 0 Å². The second-order valence-electron chi connectivity index (χ2n) is 4.04. The third-order valence-corrected chi connectivity index (χ3v) is 3.79. The summed E-state index contributed by atoms with van der Waals surface area (Å²) in [5.74, 6) is 0.706. The first kappa shape index (κ1) is 14.3. The van der Waals surface area contributed by atoms with E-state index in [9.17, 15) is 4.79 Å². The molecule has 0 unspecified atom stereocenters. The molecule has 19 heavy (non-hydrogen) atoms. The quantitative estimate of drug-likeness (QED) is 0.764. The van der Waals surface area contributed by atoms with Gasteiger partial charge in [0, 0.05) is 6.42 Å². The standard InChI is InChI=1S/C15H12Br2O2/c16-13-7-4-8-14(17)15(13)19-10-12(18)9-11-5-2-1-3-6-11/h1-8H,9-10H2. The van der Waals surface area contributed by atoms with Crippen LogP contribution in [0.3, 0.4) is 0 Å². The summed E-state index contributed by atoms with van der Waals surface area (Å²) >= 11 is 6.80. The number of para-hydroxylation sites is 1. The summed E-state index contributed by atoms with van der Waals surface area (Å²) in [5, 5.41) is 0. The fourth-order valence-corrected chi connectivity index (χ4v) is 2.87. The van der Waals surface area contributed by atoms with E-state index >= 15 is 0 Å². The van der Waals surface area contributed by atoms with Crippen molar-refractivity contribution in [2.45, 2.75) is 6.42 Å². The fourth-order valence-electron chi connectivity index (χ4n) is 1.65. The lowest BCUT2D eigenvalue weighted by Gasteiger charge is -2.09. The SMILES string of the molecule is O=C(COc1c(Br)cccc1Br)Cc1ccccc1. The molecule has 0 heterocycles. The van der Waals surface area contributed by atoms with Gasteiger partial charge in [0.15, 0.2) is 5.78 Å². The van der Waals surface area contributed by atoms with Gasteiger partial charge < -0.3 is 4.74 Å². The molecule has 98 valence electrons. The summed E-state index contributed by atoms with van der Waals surface area (Å²) in [5.41, 5.74) is 1.00. The van der Waals surface area contributed by atoms with E-state index in [1.54, 1.807) is 0 Å². The van der Waals surface area contributed by atoms with Crippen molar-refractivity contribution in [3.8, 4) is 5.75 Å². The van der Waals surface area contributed by atoms with Gasteiger partial charge in [-0.3, -0.25) is 4.79 Å². The number of ketones is 1. The second kappa shape index (κ2) is 6.87. The maximum atomic E-state index is 11.9. The summed E-state index contributed by atoms with van der Waals surface area (Å²) in [6.45, 7) is 0.0656. The number of carbonyl (C=O) groups excluding carboxylic acids is 1. The van der Waals surface area contributed by atoms with Crippen molar-refractivity contribution in [2.24, 2.45) is 0 Å². The first-order chi connectivity index (χ1) is 9.16. The molecule has 2 nitrogen and oxygen atoms in total. The molecule has 0 aliphatic rings. The molecule has 0 amide bonds. The van der Waals surface area contributed by atoms with Crippen molar-refractivity contribution in [1.82, 2.24) is 0 Å². The molecule has 0 aromatic heterocycles. The lowest BCUT2D eigenvalue weighted by Crippen LogP contribution is -2.14. The van der Waals surface area contributed by atoms with Crippen molar-refractivity contribution in [3.05, 3.63) is 63.0 Å². The number of rotatable bonds is 5. The summed E-state index contributed by atoms with van der Waals surface area (Å²) < 4.78 is 7.21. The predicted molar refractivity (Wildman–Crippen MR) is 82.5 cm³/mol. The molecular formula is C15H12Br2O2.